The maximum Gasteiger partial charge on any atom is 0.337 e. The van der Waals surface area contributed by atoms with Gasteiger partial charge in [0.1, 0.15) is 5.75 Å². The van der Waals surface area contributed by atoms with Crippen LogP contribution in [0.5, 0.6) is 5.75 Å². The molecule has 0 unspecified atom stereocenters. The maximum absolute atomic E-state index is 12.1. The Morgan fingerprint density at radius 1 is 0.758 bits per heavy atom. The fourth-order valence-electron chi connectivity index (χ4n) is 2.74. The van der Waals surface area contributed by atoms with Gasteiger partial charge in [-0.25, -0.2) is 15.6 Å². The summed E-state index contributed by atoms with van der Waals surface area (Å²) < 4.78 is 4.74. The Morgan fingerprint density at radius 2 is 1.18 bits per heavy atom. The van der Waals surface area contributed by atoms with Crippen molar-refractivity contribution in [2.45, 2.75) is 0 Å². The van der Waals surface area contributed by atoms with Gasteiger partial charge in [-0.2, -0.15) is 10.2 Å². The summed E-state index contributed by atoms with van der Waals surface area (Å²) in [6.07, 6.45) is 2.37. The summed E-state index contributed by atoms with van der Waals surface area (Å²) in [6, 6.07) is 19.6. The number of esters is 1. The Hall–Kier alpha value is -4.79. The van der Waals surface area contributed by atoms with E-state index >= 15 is 0 Å². The minimum atomic E-state index is -0.652. The molecule has 166 valence electrons. The molecule has 2 amide bonds. The van der Waals surface area contributed by atoms with Crippen LogP contribution in [0.25, 0.3) is 0 Å². The van der Waals surface area contributed by atoms with E-state index < -0.39 is 17.8 Å². The highest BCUT2D eigenvalue weighted by Crippen LogP contribution is 2.22. The number of aromatic hydroxyl groups is 1. The minimum absolute atomic E-state index is 0.113. The molecule has 33 heavy (non-hydrogen) atoms. The Balaban J connectivity index is 1.80. The number of nitrogens with one attached hydrogen (secondary N) is 2. The number of hydrogen-bond donors (Lipinski definition) is 3. The van der Waals surface area contributed by atoms with Crippen LogP contribution in [0.4, 0.5) is 0 Å². The molecule has 9 nitrogen and oxygen atoms in total. The van der Waals surface area contributed by atoms with Gasteiger partial charge < -0.3 is 9.84 Å². The quantitative estimate of drug-likeness (QED) is 0.293. The third kappa shape index (κ3) is 6.11. The molecule has 3 aromatic rings. The Kier molecular flexibility index (Phi) is 7.63. The second kappa shape index (κ2) is 11.0. The molecule has 3 N–H and O–H groups in total. The van der Waals surface area contributed by atoms with E-state index in [-0.39, 0.29) is 22.4 Å². The van der Waals surface area contributed by atoms with Crippen molar-refractivity contribution < 1.29 is 24.2 Å². The van der Waals surface area contributed by atoms with Crippen molar-refractivity contribution in [1.29, 1.82) is 0 Å². The highest BCUT2D eigenvalue weighted by molar-refractivity contribution is 6.00. The number of carbonyl (C=O) groups is 3. The van der Waals surface area contributed by atoms with Crippen LogP contribution >= 0.6 is 0 Å². The van der Waals surface area contributed by atoms with E-state index in [2.05, 4.69) is 21.1 Å². The molecule has 0 bridgehead atoms. The van der Waals surface area contributed by atoms with Crippen LogP contribution in [-0.2, 0) is 4.74 Å². The van der Waals surface area contributed by atoms with Crippen molar-refractivity contribution in [3.8, 4) is 5.75 Å². The van der Waals surface area contributed by atoms with Crippen molar-refractivity contribution in [2.75, 3.05) is 7.11 Å². The molecule has 0 aliphatic heterocycles. The van der Waals surface area contributed by atoms with Crippen LogP contribution in [0, 0.1) is 0 Å². The number of phenolic OH excluding ortho intramolecular Hbond substituents is 1. The molecular weight excluding hydrogens is 424 g/mol. The van der Waals surface area contributed by atoms with Crippen molar-refractivity contribution >= 4 is 30.2 Å². The van der Waals surface area contributed by atoms with Gasteiger partial charge in [-0.1, -0.05) is 36.4 Å². The van der Waals surface area contributed by atoms with Gasteiger partial charge in [-0.3, -0.25) is 9.59 Å². The van der Waals surface area contributed by atoms with Crippen LogP contribution in [0.2, 0.25) is 0 Å². The summed E-state index contributed by atoms with van der Waals surface area (Å²) in [5, 5.41) is 18.3. The molecule has 0 aliphatic rings. The van der Waals surface area contributed by atoms with Crippen LogP contribution in [-0.4, -0.2) is 42.4 Å². The van der Waals surface area contributed by atoms with E-state index in [0.29, 0.717) is 11.1 Å². The average Bonchev–Trinajstić information content (AvgIpc) is 2.86. The van der Waals surface area contributed by atoms with Gasteiger partial charge in [0, 0.05) is 22.3 Å². The number of hydrogen-bond acceptors (Lipinski definition) is 7. The van der Waals surface area contributed by atoms with Gasteiger partial charge in [-0.15, -0.1) is 0 Å². The molecular formula is C24H20N4O5. The largest absolute Gasteiger partial charge is 0.507 e. The maximum atomic E-state index is 12.1. The van der Waals surface area contributed by atoms with Crippen LogP contribution in [0.3, 0.4) is 0 Å². The third-order valence-electron chi connectivity index (χ3n) is 4.40. The molecule has 0 heterocycles. The summed E-state index contributed by atoms with van der Waals surface area (Å²) >= 11 is 0. The first kappa shape index (κ1) is 22.9. The predicted molar refractivity (Wildman–Crippen MR) is 122 cm³/mol. The lowest BCUT2D eigenvalue weighted by atomic mass is 10.0. The lowest BCUT2D eigenvalue weighted by molar-refractivity contribution is 0.0600. The number of rotatable bonds is 7. The van der Waals surface area contributed by atoms with Crippen LogP contribution in [0.15, 0.2) is 83.0 Å². The Bertz CT molecular complexity index is 1120. The van der Waals surface area contributed by atoms with Gasteiger partial charge >= 0.3 is 5.97 Å². The van der Waals surface area contributed by atoms with E-state index in [1.165, 1.54) is 31.7 Å². The van der Waals surface area contributed by atoms with Gasteiger partial charge in [0.05, 0.1) is 25.1 Å². The second-order valence-corrected chi connectivity index (χ2v) is 6.63. The standard InChI is InChI=1S/C24H20N4O5/c1-33-24(32)18-12-19(14-25-27-22(30)16-8-4-2-5-9-16)21(29)20(13-18)15-26-28-23(31)17-10-6-3-7-11-17/h2-15,29H,1H3,(H,27,30)(H,28,31)/b25-14+,26-15?. The first-order valence-electron chi connectivity index (χ1n) is 9.72. The van der Waals surface area contributed by atoms with E-state index in [9.17, 15) is 19.5 Å². The molecule has 0 saturated heterocycles. The first-order valence-corrected chi connectivity index (χ1v) is 9.72. The topological polar surface area (TPSA) is 129 Å². The summed E-state index contributed by atoms with van der Waals surface area (Å²) in [7, 11) is 1.22. The summed E-state index contributed by atoms with van der Waals surface area (Å²) in [4.78, 5) is 36.2. The van der Waals surface area contributed by atoms with Gasteiger partial charge in [0.25, 0.3) is 11.8 Å². The van der Waals surface area contributed by atoms with Crippen molar-refractivity contribution in [3.05, 3.63) is 101 Å². The molecule has 9 heteroatoms. The Morgan fingerprint density at radius 3 is 1.58 bits per heavy atom. The van der Waals surface area contributed by atoms with Crippen LogP contribution in [0.1, 0.15) is 42.2 Å². The van der Waals surface area contributed by atoms with E-state index in [1.807, 2.05) is 0 Å². The molecule has 3 rings (SSSR count). The van der Waals surface area contributed by atoms with Gasteiger partial charge in [0.2, 0.25) is 0 Å². The lowest BCUT2D eigenvalue weighted by Gasteiger charge is -2.07. The predicted octanol–water partition coefficient (Wildman–Crippen LogP) is 2.71. The zero-order chi connectivity index (χ0) is 23.6. The number of carbonyl (C=O) groups excluding carboxylic acids is 3. The molecule has 0 aliphatic carbocycles. The lowest BCUT2D eigenvalue weighted by Crippen LogP contribution is -2.17. The molecule has 0 radical (unpaired) electrons. The Labute approximate surface area is 189 Å². The summed E-state index contributed by atoms with van der Waals surface area (Å²) in [5.41, 5.74) is 5.87. The fraction of sp³-hybridized carbons (Fsp3) is 0.0417. The molecule has 0 saturated carbocycles. The molecule has 0 spiro atoms. The van der Waals surface area contributed by atoms with Crippen LogP contribution < -0.4 is 10.9 Å². The summed E-state index contributed by atoms with van der Waals surface area (Å²) in [6.45, 7) is 0. The number of methoxy groups -OCH3 is 1. The molecule has 0 aromatic heterocycles. The molecule has 3 aromatic carbocycles. The van der Waals surface area contributed by atoms with Crippen molar-refractivity contribution in [1.82, 2.24) is 10.9 Å². The molecule has 0 fully saturated rings. The number of ether oxygens (including phenoxy) is 1. The highest BCUT2D eigenvalue weighted by atomic mass is 16.5. The second-order valence-electron chi connectivity index (χ2n) is 6.63. The average molecular weight is 444 g/mol. The smallest absolute Gasteiger partial charge is 0.337 e. The SMILES string of the molecule is COC(=O)c1cc(C=NNC(=O)c2ccccc2)c(O)c(/C=N/NC(=O)c2ccccc2)c1. The third-order valence-corrected chi connectivity index (χ3v) is 4.40. The summed E-state index contributed by atoms with van der Waals surface area (Å²) in [5.74, 6) is -1.80. The van der Waals surface area contributed by atoms with Gasteiger partial charge in [-0.05, 0) is 36.4 Å². The normalized spacial score (nSPS) is 10.8. The van der Waals surface area contributed by atoms with Gasteiger partial charge in [0.15, 0.2) is 0 Å². The zero-order valence-corrected chi connectivity index (χ0v) is 17.6. The number of amides is 2. The highest BCUT2D eigenvalue weighted by Gasteiger charge is 2.14. The minimum Gasteiger partial charge on any atom is -0.507 e. The number of hydrazone groups is 2. The fourth-order valence-corrected chi connectivity index (χ4v) is 2.74. The van der Waals surface area contributed by atoms with E-state index in [0.717, 1.165) is 0 Å². The first-order chi connectivity index (χ1) is 16.0. The number of benzene rings is 3. The van der Waals surface area contributed by atoms with E-state index in [4.69, 9.17) is 4.74 Å². The number of phenols is 1. The van der Waals surface area contributed by atoms with Crippen molar-refractivity contribution in [3.63, 3.8) is 0 Å². The zero-order valence-electron chi connectivity index (χ0n) is 17.6. The monoisotopic (exact) mass is 444 g/mol. The van der Waals surface area contributed by atoms with Crippen molar-refractivity contribution in [2.24, 2.45) is 10.2 Å². The number of nitrogens with zero attached hydrogens (tertiary/aromatic N) is 2. The molecule has 0 atom stereocenters. The van der Waals surface area contributed by atoms with E-state index in [1.54, 1.807) is 60.7 Å².